The molecule has 32 heavy (non-hydrogen) atoms. The Morgan fingerprint density at radius 1 is 1.25 bits per heavy atom. The minimum Gasteiger partial charge on any atom is -0.464 e. The van der Waals surface area contributed by atoms with Crippen molar-refractivity contribution >= 4 is 29.0 Å². The predicted octanol–water partition coefficient (Wildman–Crippen LogP) is 2.26. The van der Waals surface area contributed by atoms with E-state index in [-0.39, 0.29) is 19.4 Å². The molecule has 0 spiro atoms. The summed E-state index contributed by atoms with van der Waals surface area (Å²) in [5.41, 5.74) is 5.12. The molecule has 4 rings (SSSR count). The molecule has 0 saturated carbocycles. The Morgan fingerprint density at radius 2 is 1.94 bits per heavy atom. The van der Waals surface area contributed by atoms with Crippen molar-refractivity contribution in [2.75, 3.05) is 25.6 Å². The summed E-state index contributed by atoms with van der Waals surface area (Å²) in [4.78, 5) is 12.7. The number of carbonyl (C=O) groups is 1. The van der Waals surface area contributed by atoms with Crippen molar-refractivity contribution < 1.29 is 19.4 Å². The van der Waals surface area contributed by atoms with Crippen molar-refractivity contribution in [1.29, 1.82) is 0 Å². The van der Waals surface area contributed by atoms with Gasteiger partial charge in [-0.3, -0.25) is 0 Å². The number of aryl methyl sites for hydroxylation is 2. The summed E-state index contributed by atoms with van der Waals surface area (Å²) in [6.07, 6.45) is 11.3. The smallest absolute Gasteiger partial charge is 0.344 e. The lowest BCUT2D eigenvalue weighted by molar-refractivity contribution is -0.160. The van der Waals surface area contributed by atoms with Gasteiger partial charge in [-0.2, -0.15) is 0 Å². The first kappa shape index (κ1) is 22.8. The highest BCUT2D eigenvalue weighted by molar-refractivity contribution is 7.80. The van der Waals surface area contributed by atoms with Gasteiger partial charge in [-0.05, 0) is 86.0 Å². The third kappa shape index (κ3) is 4.40. The van der Waals surface area contributed by atoms with Crippen LogP contribution < -0.4 is 16.0 Å². The zero-order valence-electron chi connectivity index (χ0n) is 18.6. The topological polar surface area (TPSA) is 91.9 Å². The van der Waals surface area contributed by atoms with E-state index in [4.69, 9.17) is 21.7 Å². The highest BCUT2D eigenvalue weighted by Gasteiger charge is 2.41. The van der Waals surface area contributed by atoms with Crippen LogP contribution in [0.4, 0.5) is 5.69 Å². The molecule has 0 fully saturated rings. The summed E-state index contributed by atoms with van der Waals surface area (Å²) >= 11 is 5.58. The first-order valence-electron chi connectivity index (χ1n) is 11.2. The lowest BCUT2D eigenvalue weighted by Crippen LogP contribution is -2.52. The number of hydrogen-bond acceptors (Lipinski definition) is 6. The molecule has 1 heterocycles. The third-order valence-electron chi connectivity index (χ3n) is 6.41. The van der Waals surface area contributed by atoms with Gasteiger partial charge in [0.25, 0.3) is 0 Å². The summed E-state index contributed by atoms with van der Waals surface area (Å²) in [5.74, 6) is -0.731. The van der Waals surface area contributed by atoms with Gasteiger partial charge in [0.1, 0.15) is 6.23 Å². The number of fused-ring (bicyclic) bond motifs is 2. The average molecular weight is 458 g/mol. The molecule has 0 saturated heterocycles. The van der Waals surface area contributed by atoms with Crippen LogP contribution in [0.5, 0.6) is 0 Å². The van der Waals surface area contributed by atoms with Crippen LogP contribution in [0.2, 0.25) is 0 Å². The Morgan fingerprint density at radius 3 is 2.50 bits per heavy atom. The van der Waals surface area contributed by atoms with E-state index in [2.05, 4.69) is 22.0 Å². The second kappa shape index (κ2) is 9.60. The van der Waals surface area contributed by atoms with Crippen LogP contribution >= 0.6 is 12.2 Å². The lowest BCUT2D eigenvalue weighted by Gasteiger charge is -2.30. The Bertz CT molecular complexity index is 942. The zero-order valence-corrected chi connectivity index (χ0v) is 19.4. The van der Waals surface area contributed by atoms with Crippen molar-refractivity contribution in [2.45, 2.75) is 57.3 Å². The highest BCUT2D eigenvalue weighted by atomic mass is 32.1. The fourth-order valence-corrected chi connectivity index (χ4v) is 4.92. The molecule has 3 aliphatic rings. The Kier molecular flexibility index (Phi) is 6.83. The van der Waals surface area contributed by atoms with Crippen LogP contribution in [-0.2, 0) is 40.0 Å². The molecule has 0 aromatic heterocycles. The predicted molar refractivity (Wildman–Crippen MR) is 127 cm³/mol. The minimum absolute atomic E-state index is 0.121. The van der Waals surface area contributed by atoms with Gasteiger partial charge >= 0.3 is 5.97 Å². The molecule has 1 aromatic rings. The van der Waals surface area contributed by atoms with Gasteiger partial charge < -0.3 is 30.5 Å². The molecule has 0 radical (unpaired) electrons. The van der Waals surface area contributed by atoms with Crippen molar-refractivity contribution in [1.82, 2.24) is 10.6 Å². The molecular formula is C24H31N3O4S. The van der Waals surface area contributed by atoms with Crippen LogP contribution in [0.3, 0.4) is 0 Å². The molecule has 4 N–H and O–H groups in total. The number of nitrogens with one attached hydrogen (secondary N) is 3. The van der Waals surface area contributed by atoms with E-state index < -0.39 is 11.6 Å². The molecule has 2 unspecified atom stereocenters. The summed E-state index contributed by atoms with van der Waals surface area (Å²) in [5, 5.41) is 21.1. The van der Waals surface area contributed by atoms with E-state index in [1.165, 1.54) is 22.3 Å². The Balaban J connectivity index is 1.50. The number of methoxy groups -OCH3 is 1. The van der Waals surface area contributed by atoms with Gasteiger partial charge in [0.15, 0.2) is 5.11 Å². The van der Waals surface area contributed by atoms with Gasteiger partial charge in [-0.15, -0.1) is 0 Å². The maximum atomic E-state index is 12.7. The van der Waals surface area contributed by atoms with E-state index in [0.29, 0.717) is 10.7 Å². The van der Waals surface area contributed by atoms with Crippen LogP contribution in [0.25, 0.3) is 0 Å². The van der Waals surface area contributed by atoms with E-state index in [1.807, 2.05) is 0 Å². The molecule has 2 aliphatic carbocycles. The fraction of sp³-hybridized carbons (Fsp3) is 0.500. The number of anilines is 1. The number of benzene rings is 1. The lowest BCUT2D eigenvalue weighted by atomic mass is 9.92. The summed E-state index contributed by atoms with van der Waals surface area (Å²) in [7, 11) is 1.57. The van der Waals surface area contributed by atoms with Crippen molar-refractivity contribution in [3.8, 4) is 0 Å². The van der Waals surface area contributed by atoms with Gasteiger partial charge in [0.05, 0.1) is 13.2 Å². The molecule has 1 aromatic carbocycles. The minimum atomic E-state index is -1.90. The first-order valence-corrected chi connectivity index (χ1v) is 11.7. The molecule has 7 nitrogen and oxygen atoms in total. The molecule has 0 bridgehead atoms. The number of carbonyl (C=O) groups excluding carboxylic acids is 1. The maximum Gasteiger partial charge on any atom is 0.344 e. The number of ether oxygens (including phenoxy) is 2. The number of dihydropyridines is 1. The summed E-state index contributed by atoms with van der Waals surface area (Å²) in [6.45, 7) is 1.75. The number of hydrogen-bond donors (Lipinski definition) is 4. The third-order valence-corrected chi connectivity index (χ3v) is 6.66. The number of aliphatic hydroxyl groups is 1. The molecule has 2 atom stereocenters. The Labute approximate surface area is 194 Å². The van der Waals surface area contributed by atoms with E-state index in [9.17, 15) is 9.90 Å². The zero-order chi connectivity index (χ0) is 22.7. The standard InChI is InChI=1S/C24H31N3O4S/c1-3-31-22(28)24(29,17-10-11-20(30-2)25-13-17)14-26-23(32)27-21-18-8-4-6-15(18)12-16-7-5-9-19(16)21/h10-13,20,25,29H,3-9,14H2,1-2H3,(H2,26,27,32). The quantitative estimate of drug-likeness (QED) is 0.366. The van der Waals surface area contributed by atoms with Crippen LogP contribution in [0, 0.1) is 0 Å². The van der Waals surface area contributed by atoms with Crippen molar-refractivity contribution in [2.24, 2.45) is 0 Å². The SMILES string of the molecule is CCOC(=O)C(O)(CNC(=S)Nc1c2c(cc3c1CCC3)CCC2)C1=CNC(OC)C=C1. The normalized spacial score (nSPS) is 20.5. The van der Waals surface area contributed by atoms with Crippen molar-refractivity contribution in [3.63, 3.8) is 0 Å². The van der Waals surface area contributed by atoms with Crippen LogP contribution in [0.1, 0.15) is 42.0 Å². The van der Waals surface area contributed by atoms with E-state index in [0.717, 1.165) is 44.2 Å². The van der Waals surface area contributed by atoms with Crippen LogP contribution in [-0.4, -0.2) is 48.3 Å². The van der Waals surface area contributed by atoms with E-state index in [1.54, 1.807) is 32.4 Å². The molecular weight excluding hydrogens is 426 g/mol. The number of thiocarbonyl (C=S) groups is 1. The molecule has 172 valence electrons. The van der Waals surface area contributed by atoms with Crippen molar-refractivity contribution in [3.05, 3.63) is 52.2 Å². The molecule has 0 amide bonds. The molecule has 8 heteroatoms. The number of rotatable bonds is 7. The monoisotopic (exact) mass is 457 g/mol. The maximum absolute atomic E-state index is 12.7. The number of esters is 1. The summed E-state index contributed by atoms with van der Waals surface area (Å²) < 4.78 is 10.4. The highest BCUT2D eigenvalue weighted by Crippen LogP contribution is 2.38. The van der Waals surface area contributed by atoms with Gasteiger partial charge in [0.2, 0.25) is 5.60 Å². The largest absolute Gasteiger partial charge is 0.464 e. The molecule has 1 aliphatic heterocycles. The van der Waals surface area contributed by atoms with Crippen LogP contribution in [0.15, 0.2) is 30.0 Å². The fourth-order valence-electron chi connectivity index (χ4n) is 4.75. The second-order valence-electron chi connectivity index (χ2n) is 8.40. The average Bonchev–Trinajstić information content (AvgIpc) is 3.47. The van der Waals surface area contributed by atoms with E-state index >= 15 is 0 Å². The Hall–Kier alpha value is -2.42. The second-order valence-corrected chi connectivity index (χ2v) is 8.81. The first-order chi connectivity index (χ1) is 15.5. The van der Waals surface area contributed by atoms with Gasteiger partial charge in [0, 0.05) is 24.6 Å². The van der Waals surface area contributed by atoms with Gasteiger partial charge in [-0.25, -0.2) is 4.79 Å². The van der Waals surface area contributed by atoms with Gasteiger partial charge in [-0.1, -0.05) is 12.1 Å². The summed E-state index contributed by atoms with van der Waals surface area (Å²) in [6, 6.07) is 2.37.